The SMILES string of the molecule is CCc1[nH]nc(C(=O)N2CCSCC[C@H]2C)c1[N+](=O)[O-]. The molecule has 2 heterocycles. The van der Waals surface area contributed by atoms with E-state index in [0.717, 1.165) is 17.9 Å². The molecule has 8 heteroatoms. The molecule has 7 nitrogen and oxygen atoms in total. The first kappa shape index (κ1) is 14.8. The lowest BCUT2D eigenvalue weighted by Gasteiger charge is -2.25. The Labute approximate surface area is 121 Å². The number of carbonyl (C=O) groups is 1. The minimum absolute atomic E-state index is 0.0643. The van der Waals surface area contributed by atoms with E-state index in [4.69, 9.17) is 0 Å². The number of nitrogens with zero attached hydrogens (tertiary/aromatic N) is 3. The van der Waals surface area contributed by atoms with Gasteiger partial charge in [-0.15, -0.1) is 0 Å². The minimum atomic E-state index is -0.521. The highest BCUT2D eigenvalue weighted by atomic mass is 32.2. The van der Waals surface area contributed by atoms with E-state index in [2.05, 4.69) is 10.2 Å². The minimum Gasteiger partial charge on any atom is -0.333 e. The van der Waals surface area contributed by atoms with Gasteiger partial charge in [0.05, 0.1) is 4.92 Å². The van der Waals surface area contributed by atoms with E-state index >= 15 is 0 Å². The summed E-state index contributed by atoms with van der Waals surface area (Å²) in [6.45, 7) is 4.37. The van der Waals surface area contributed by atoms with Crippen molar-refractivity contribution in [3.8, 4) is 0 Å². The van der Waals surface area contributed by atoms with Crippen molar-refractivity contribution in [1.82, 2.24) is 15.1 Å². The van der Waals surface area contributed by atoms with Crippen LogP contribution in [-0.2, 0) is 6.42 Å². The summed E-state index contributed by atoms with van der Waals surface area (Å²) in [5.41, 5.74) is 0.155. The second kappa shape index (κ2) is 6.25. The van der Waals surface area contributed by atoms with Crippen molar-refractivity contribution in [3.05, 3.63) is 21.5 Å². The highest BCUT2D eigenvalue weighted by molar-refractivity contribution is 7.99. The maximum Gasteiger partial charge on any atom is 0.322 e. The van der Waals surface area contributed by atoms with E-state index in [0.29, 0.717) is 18.7 Å². The molecule has 1 aromatic heterocycles. The van der Waals surface area contributed by atoms with Crippen LogP contribution in [0.1, 0.15) is 36.5 Å². The van der Waals surface area contributed by atoms with Crippen molar-refractivity contribution < 1.29 is 9.72 Å². The normalized spacial score (nSPS) is 19.7. The van der Waals surface area contributed by atoms with Crippen molar-refractivity contribution in [3.63, 3.8) is 0 Å². The molecule has 1 saturated heterocycles. The van der Waals surface area contributed by atoms with Crippen molar-refractivity contribution >= 4 is 23.4 Å². The van der Waals surface area contributed by atoms with Crippen molar-refractivity contribution in [1.29, 1.82) is 0 Å². The Morgan fingerprint density at radius 3 is 3.00 bits per heavy atom. The number of nitrogens with one attached hydrogen (secondary N) is 1. The zero-order valence-electron chi connectivity index (χ0n) is 11.6. The van der Waals surface area contributed by atoms with Crippen LogP contribution in [0.5, 0.6) is 0 Å². The summed E-state index contributed by atoms with van der Waals surface area (Å²) in [5, 5.41) is 17.7. The molecule has 1 aromatic rings. The molecule has 0 spiro atoms. The molecule has 0 unspecified atom stereocenters. The maximum absolute atomic E-state index is 12.5. The third-order valence-corrected chi connectivity index (χ3v) is 4.50. The first-order chi connectivity index (χ1) is 9.56. The molecule has 0 radical (unpaired) electrons. The van der Waals surface area contributed by atoms with Gasteiger partial charge in [0, 0.05) is 18.3 Å². The number of aryl methyl sites for hydroxylation is 1. The molecule has 2 rings (SSSR count). The zero-order valence-corrected chi connectivity index (χ0v) is 12.4. The molecule has 20 heavy (non-hydrogen) atoms. The average Bonchev–Trinajstić information content (AvgIpc) is 2.74. The van der Waals surface area contributed by atoms with Crippen molar-refractivity contribution in [2.75, 3.05) is 18.1 Å². The van der Waals surface area contributed by atoms with Gasteiger partial charge in [-0.2, -0.15) is 16.9 Å². The molecule has 1 aliphatic heterocycles. The number of amides is 1. The smallest absolute Gasteiger partial charge is 0.322 e. The van der Waals surface area contributed by atoms with Crippen molar-refractivity contribution in [2.24, 2.45) is 0 Å². The highest BCUT2D eigenvalue weighted by Gasteiger charge is 2.33. The molecule has 0 aliphatic carbocycles. The lowest BCUT2D eigenvalue weighted by molar-refractivity contribution is -0.385. The first-order valence-corrected chi connectivity index (χ1v) is 7.82. The summed E-state index contributed by atoms with van der Waals surface area (Å²) in [7, 11) is 0. The Hall–Kier alpha value is -1.57. The van der Waals surface area contributed by atoms with Gasteiger partial charge in [0.15, 0.2) is 0 Å². The fourth-order valence-electron chi connectivity index (χ4n) is 2.30. The van der Waals surface area contributed by atoms with Gasteiger partial charge >= 0.3 is 5.69 Å². The Bertz CT molecular complexity index is 517. The second-order valence-corrected chi connectivity index (χ2v) is 5.98. The van der Waals surface area contributed by atoms with Crippen LogP contribution in [0, 0.1) is 10.1 Å². The number of rotatable bonds is 3. The number of aromatic amines is 1. The second-order valence-electron chi connectivity index (χ2n) is 4.76. The molecule has 110 valence electrons. The monoisotopic (exact) mass is 298 g/mol. The quantitative estimate of drug-likeness (QED) is 0.679. The van der Waals surface area contributed by atoms with Gasteiger partial charge in [-0.3, -0.25) is 20.0 Å². The molecule has 0 bridgehead atoms. The number of nitro groups is 1. The lowest BCUT2D eigenvalue weighted by atomic mass is 10.2. The van der Waals surface area contributed by atoms with Crippen molar-refractivity contribution in [2.45, 2.75) is 32.7 Å². The Kier molecular flexibility index (Phi) is 4.64. The van der Waals surface area contributed by atoms with Crippen LogP contribution in [0.4, 0.5) is 5.69 Å². The summed E-state index contributed by atoms with van der Waals surface area (Å²) < 4.78 is 0. The maximum atomic E-state index is 12.5. The van der Waals surface area contributed by atoms with Gasteiger partial charge in [-0.25, -0.2) is 0 Å². The van der Waals surface area contributed by atoms with E-state index < -0.39 is 4.92 Å². The predicted molar refractivity (Wildman–Crippen MR) is 77.1 cm³/mol. The average molecular weight is 298 g/mol. The van der Waals surface area contributed by atoms with Crippen LogP contribution in [0.15, 0.2) is 0 Å². The fourth-order valence-corrected chi connectivity index (χ4v) is 3.33. The largest absolute Gasteiger partial charge is 0.333 e. The zero-order chi connectivity index (χ0) is 14.7. The number of aromatic nitrogens is 2. The molecule has 0 aromatic carbocycles. The molecular weight excluding hydrogens is 280 g/mol. The highest BCUT2D eigenvalue weighted by Crippen LogP contribution is 2.25. The van der Waals surface area contributed by atoms with Crippen LogP contribution in [0.3, 0.4) is 0 Å². The summed E-state index contributed by atoms with van der Waals surface area (Å²) in [4.78, 5) is 24.9. The number of hydrogen-bond acceptors (Lipinski definition) is 5. The topological polar surface area (TPSA) is 92.1 Å². The molecular formula is C12H18N4O3S. The number of carbonyl (C=O) groups excluding carboxylic acids is 1. The van der Waals surface area contributed by atoms with Crippen LogP contribution < -0.4 is 0 Å². The third kappa shape index (κ3) is 2.79. The van der Waals surface area contributed by atoms with Crippen LogP contribution in [-0.4, -0.2) is 50.0 Å². The molecule has 1 fully saturated rings. The van der Waals surface area contributed by atoms with Crippen LogP contribution in [0.2, 0.25) is 0 Å². The lowest BCUT2D eigenvalue weighted by Crippen LogP contribution is -2.39. The van der Waals surface area contributed by atoms with E-state index in [1.807, 2.05) is 6.92 Å². The standard InChI is InChI=1S/C12H18N4O3S/c1-3-9-11(16(18)19)10(14-13-9)12(17)15-5-7-20-6-4-8(15)2/h8H,3-7H2,1-2H3,(H,13,14)/t8-/m1/s1. The van der Waals surface area contributed by atoms with Gasteiger partial charge in [-0.1, -0.05) is 6.92 Å². The molecule has 1 atom stereocenters. The summed E-state index contributed by atoms with van der Waals surface area (Å²) >= 11 is 1.80. The number of H-pyrrole nitrogens is 1. The van der Waals surface area contributed by atoms with Crippen LogP contribution >= 0.6 is 11.8 Å². The van der Waals surface area contributed by atoms with Gasteiger partial charge in [-0.05, 0) is 25.5 Å². The van der Waals surface area contributed by atoms with E-state index in [9.17, 15) is 14.9 Å². The number of hydrogen-bond donors (Lipinski definition) is 1. The van der Waals surface area contributed by atoms with E-state index in [-0.39, 0.29) is 23.3 Å². The van der Waals surface area contributed by atoms with Crippen LogP contribution in [0.25, 0.3) is 0 Å². The van der Waals surface area contributed by atoms with Gasteiger partial charge < -0.3 is 4.90 Å². The molecule has 1 N–H and O–H groups in total. The summed E-state index contributed by atoms with van der Waals surface area (Å²) in [5.74, 6) is 1.52. The summed E-state index contributed by atoms with van der Waals surface area (Å²) in [6.07, 6.45) is 1.34. The molecule has 0 saturated carbocycles. The molecule has 1 aliphatic rings. The summed E-state index contributed by atoms with van der Waals surface area (Å²) in [6, 6.07) is 0.0823. The van der Waals surface area contributed by atoms with E-state index in [1.165, 1.54) is 0 Å². The fraction of sp³-hybridized carbons (Fsp3) is 0.667. The Morgan fingerprint density at radius 1 is 1.60 bits per heavy atom. The van der Waals surface area contributed by atoms with E-state index in [1.54, 1.807) is 23.6 Å². The van der Waals surface area contributed by atoms with Gasteiger partial charge in [0.25, 0.3) is 5.91 Å². The predicted octanol–water partition coefficient (Wildman–Crippen LogP) is 1.85. The van der Waals surface area contributed by atoms with Gasteiger partial charge in [0.2, 0.25) is 5.69 Å². The van der Waals surface area contributed by atoms with Gasteiger partial charge in [0.1, 0.15) is 5.69 Å². The Morgan fingerprint density at radius 2 is 2.35 bits per heavy atom. The Balaban J connectivity index is 2.32. The number of thioether (sulfide) groups is 1. The molecule has 1 amide bonds. The third-order valence-electron chi connectivity index (χ3n) is 3.50. The first-order valence-electron chi connectivity index (χ1n) is 6.66.